The molecule has 3 aromatic carbocycles. The third kappa shape index (κ3) is 6.37. The molecule has 9 nitrogen and oxygen atoms in total. The van der Waals surface area contributed by atoms with Crippen molar-refractivity contribution in [2.45, 2.75) is 32.4 Å². The lowest BCUT2D eigenvalue weighted by atomic mass is 9.98. The SMILES string of the molecule is CC(C)C(NC(=O)OCC1c2ccccc2-c2ccccc21)C(=O)NCC(=O)Nc1ccc(CON)cc1. The van der Waals surface area contributed by atoms with Crippen LogP contribution in [0.5, 0.6) is 0 Å². The van der Waals surface area contributed by atoms with E-state index >= 15 is 0 Å². The predicted molar refractivity (Wildman–Crippen MR) is 144 cm³/mol. The summed E-state index contributed by atoms with van der Waals surface area (Å²) in [7, 11) is 0. The van der Waals surface area contributed by atoms with Crippen LogP contribution in [0.25, 0.3) is 11.1 Å². The summed E-state index contributed by atoms with van der Waals surface area (Å²) >= 11 is 0. The van der Waals surface area contributed by atoms with Gasteiger partial charge in [0.15, 0.2) is 0 Å². The highest BCUT2D eigenvalue weighted by atomic mass is 16.6. The fraction of sp³-hybridized carbons (Fsp3) is 0.276. The monoisotopic (exact) mass is 516 g/mol. The van der Waals surface area contributed by atoms with E-state index in [4.69, 9.17) is 10.6 Å². The molecule has 38 heavy (non-hydrogen) atoms. The number of alkyl carbamates (subject to hydrolysis) is 1. The maximum atomic E-state index is 12.8. The van der Waals surface area contributed by atoms with Crippen LogP contribution < -0.4 is 21.8 Å². The summed E-state index contributed by atoms with van der Waals surface area (Å²) in [6.07, 6.45) is -0.688. The molecule has 1 atom stereocenters. The van der Waals surface area contributed by atoms with Crippen LogP contribution in [-0.4, -0.2) is 37.1 Å². The van der Waals surface area contributed by atoms with Crippen LogP contribution in [0.15, 0.2) is 72.8 Å². The second-order valence-corrected chi connectivity index (χ2v) is 9.47. The molecule has 0 aliphatic heterocycles. The molecule has 3 aromatic rings. The van der Waals surface area contributed by atoms with Gasteiger partial charge in [0, 0.05) is 11.6 Å². The van der Waals surface area contributed by atoms with Gasteiger partial charge in [-0.15, -0.1) is 0 Å². The van der Waals surface area contributed by atoms with Crippen LogP contribution in [0, 0.1) is 5.92 Å². The Morgan fingerprint density at radius 1 is 0.895 bits per heavy atom. The number of nitrogens with two attached hydrogens (primary N) is 1. The third-order valence-corrected chi connectivity index (χ3v) is 6.48. The molecule has 1 unspecified atom stereocenters. The van der Waals surface area contributed by atoms with Gasteiger partial charge in [0.2, 0.25) is 11.8 Å². The van der Waals surface area contributed by atoms with E-state index in [9.17, 15) is 14.4 Å². The molecule has 0 saturated heterocycles. The van der Waals surface area contributed by atoms with Gasteiger partial charge in [-0.25, -0.2) is 10.7 Å². The highest BCUT2D eigenvalue weighted by Gasteiger charge is 2.30. The number of benzene rings is 3. The number of ether oxygens (including phenoxy) is 1. The average molecular weight is 517 g/mol. The van der Waals surface area contributed by atoms with Crippen molar-refractivity contribution < 1.29 is 24.0 Å². The van der Waals surface area contributed by atoms with E-state index in [0.717, 1.165) is 27.8 Å². The molecular formula is C29H32N4O5. The predicted octanol–water partition coefficient (Wildman–Crippen LogP) is 3.69. The zero-order chi connectivity index (χ0) is 27.1. The van der Waals surface area contributed by atoms with Crippen molar-refractivity contribution in [1.82, 2.24) is 10.6 Å². The lowest BCUT2D eigenvalue weighted by Gasteiger charge is -2.22. The number of anilines is 1. The minimum absolute atomic E-state index is 0.0833. The Morgan fingerprint density at radius 3 is 2.08 bits per heavy atom. The Balaban J connectivity index is 1.29. The smallest absolute Gasteiger partial charge is 0.407 e. The number of amides is 3. The second kappa shape index (κ2) is 12.4. The summed E-state index contributed by atoms with van der Waals surface area (Å²) in [6.45, 7) is 3.77. The summed E-state index contributed by atoms with van der Waals surface area (Å²) < 4.78 is 5.58. The molecule has 0 heterocycles. The molecule has 9 heteroatoms. The van der Waals surface area contributed by atoms with E-state index in [1.165, 1.54) is 0 Å². The van der Waals surface area contributed by atoms with Gasteiger partial charge >= 0.3 is 6.09 Å². The van der Waals surface area contributed by atoms with E-state index in [2.05, 4.69) is 32.9 Å². The van der Waals surface area contributed by atoms with Crippen LogP contribution in [0.3, 0.4) is 0 Å². The van der Waals surface area contributed by atoms with Crippen molar-refractivity contribution in [2.75, 3.05) is 18.5 Å². The van der Waals surface area contributed by atoms with Crippen LogP contribution >= 0.6 is 0 Å². The summed E-state index contributed by atoms with van der Waals surface area (Å²) in [6, 6.07) is 22.2. The molecule has 198 valence electrons. The third-order valence-electron chi connectivity index (χ3n) is 6.48. The van der Waals surface area contributed by atoms with Crippen molar-refractivity contribution in [3.8, 4) is 11.1 Å². The molecule has 3 amide bonds. The lowest BCUT2D eigenvalue weighted by Crippen LogP contribution is -2.51. The van der Waals surface area contributed by atoms with Gasteiger partial charge in [-0.1, -0.05) is 74.5 Å². The summed E-state index contributed by atoms with van der Waals surface area (Å²) in [5.74, 6) is 3.88. The maximum absolute atomic E-state index is 12.8. The first-order valence-electron chi connectivity index (χ1n) is 12.5. The highest BCUT2D eigenvalue weighted by molar-refractivity contribution is 5.95. The van der Waals surface area contributed by atoms with Gasteiger partial charge < -0.3 is 20.7 Å². The molecule has 1 aliphatic carbocycles. The minimum atomic E-state index is -0.867. The Hall–Kier alpha value is -4.21. The molecule has 0 saturated carbocycles. The number of fused-ring (bicyclic) bond motifs is 3. The molecule has 0 aromatic heterocycles. The Bertz CT molecular complexity index is 1250. The Labute approximate surface area is 221 Å². The highest BCUT2D eigenvalue weighted by Crippen LogP contribution is 2.44. The van der Waals surface area contributed by atoms with E-state index in [1.807, 2.05) is 36.4 Å². The van der Waals surface area contributed by atoms with Gasteiger partial charge in [-0.2, -0.15) is 0 Å². The first-order valence-corrected chi connectivity index (χ1v) is 12.5. The molecule has 0 radical (unpaired) electrons. The van der Waals surface area contributed by atoms with Crippen molar-refractivity contribution >= 4 is 23.6 Å². The Morgan fingerprint density at radius 2 is 1.50 bits per heavy atom. The second-order valence-electron chi connectivity index (χ2n) is 9.47. The van der Waals surface area contributed by atoms with Crippen LogP contribution in [-0.2, 0) is 25.8 Å². The minimum Gasteiger partial charge on any atom is -0.449 e. The van der Waals surface area contributed by atoms with Gasteiger partial charge in [0.25, 0.3) is 0 Å². The topological polar surface area (TPSA) is 132 Å². The number of rotatable bonds is 10. The van der Waals surface area contributed by atoms with E-state index in [-0.39, 0.29) is 31.6 Å². The number of nitrogens with one attached hydrogen (secondary N) is 3. The standard InChI is InChI=1S/C29H32N4O5/c1-18(2)27(28(35)31-15-26(34)32-20-13-11-19(12-14-20)16-38-30)33-29(36)37-17-25-23-9-5-3-7-21(23)22-8-4-6-10-24(22)25/h3-14,18,25,27H,15-17,30H2,1-2H3,(H,31,35)(H,32,34)(H,33,36). The fourth-order valence-electron chi connectivity index (χ4n) is 4.57. The summed E-state index contributed by atoms with van der Waals surface area (Å²) in [4.78, 5) is 42.4. The summed E-state index contributed by atoms with van der Waals surface area (Å²) in [5.41, 5.74) is 5.91. The van der Waals surface area contributed by atoms with Gasteiger partial charge in [-0.05, 0) is 45.9 Å². The molecule has 0 spiro atoms. The van der Waals surface area contributed by atoms with Crippen molar-refractivity contribution in [3.63, 3.8) is 0 Å². The van der Waals surface area contributed by atoms with E-state index < -0.39 is 23.9 Å². The lowest BCUT2D eigenvalue weighted by molar-refractivity contribution is -0.126. The molecule has 0 fully saturated rings. The van der Waals surface area contributed by atoms with Crippen molar-refractivity contribution in [1.29, 1.82) is 0 Å². The van der Waals surface area contributed by atoms with Crippen LogP contribution in [0.1, 0.15) is 36.5 Å². The zero-order valence-electron chi connectivity index (χ0n) is 21.4. The maximum Gasteiger partial charge on any atom is 0.407 e. The number of carbonyl (C=O) groups excluding carboxylic acids is 3. The van der Waals surface area contributed by atoms with Gasteiger partial charge in [0.05, 0.1) is 13.2 Å². The van der Waals surface area contributed by atoms with Gasteiger partial charge in [-0.3, -0.25) is 14.4 Å². The first-order chi connectivity index (χ1) is 18.4. The largest absolute Gasteiger partial charge is 0.449 e. The number of carbonyl (C=O) groups is 3. The zero-order valence-corrected chi connectivity index (χ0v) is 21.4. The quantitative estimate of drug-likeness (QED) is 0.304. The van der Waals surface area contributed by atoms with Crippen LogP contribution in [0.2, 0.25) is 0 Å². The fourth-order valence-corrected chi connectivity index (χ4v) is 4.57. The van der Waals surface area contributed by atoms with E-state index in [0.29, 0.717) is 5.69 Å². The van der Waals surface area contributed by atoms with Gasteiger partial charge in [0.1, 0.15) is 12.6 Å². The average Bonchev–Trinajstić information content (AvgIpc) is 3.24. The van der Waals surface area contributed by atoms with Crippen molar-refractivity contribution in [3.05, 3.63) is 89.5 Å². The molecule has 4 rings (SSSR count). The molecule has 5 N–H and O–H groups in total. The molecular weight excluding hydrogens is 484 g/mol. The Kier molecular flexibility index (Phi) is 8.73. The van der Waals surface area contributed by atoms with Crippen molar-refractivity contribution in [2.24, 2.45) is 11.8 Å². The first kappa shape index (κ1) is 26.8. The number of hydrogen-bond acceptors (Lipinski definition) is 6. The number of hydrogen-bond donors (Lipinski definition) is 4. The normalized spacial score (nSPS) is 12.8. The van der Waals surface area contributed by atoms with Crippen LogP contribution in [0.4, 0.5) is 10.5 Å². The summed E-state index contributed by atoms with van der Waals surface area (Å²) in [5, 5.41) is 7.94. The van der Waals surface area contributed by atoms with E-state index in [1.54, 1.807) is 38.1 Å². The molecule has 0 bridgehead atoms. The molecule has 1 aliphatic rings.